The van der Waals surface area contributed by atoms with Crippen LogP contribution in [0.1, 0.15) is 33.3 Å². The Hall–Kier alpha value is -1.13. The summed E-state index contributed by atoms with van der Waals surface area (Å²) in [5.74, 6) is -0.497. The monoisotopic (exact) mass is 286 g/mol. The molecule has 0 saturated carbocycles. The maximum atomic E-state index is 13.5. The van der Waals surface area contributed by atoms with Gasteiger partial charge in [0.15, 0.2) is 0 Å². The highest BCUT2D eigenvalue weighted by molar-refractivity contribution is 6.31. The van der Waals surface area contributed by atoms with E-state index in [4.69, 9.17) is 11.6 Å². The number of rotatable bonds is 4. The van der Waals surface area contributed by atoms with Gasteiger partial charge in [-0.15, -0.1) is 0 Å². The van der Waals surface area contributed by atoms with Crippen molar-refractivity contribution in [1.29, 1.82) is 0 Å². The van der Waals surface area contributed by atoms with Gasteiger partial charge in [0.2, 0.25) is 5.91 Å². The first-order valence-corrected chi connectivity index (χ1v) is 6.57. The summed E-state index contributed by atoms with van der Waals surface area (Å²) in [5.41, 5.74) is 0.0856. The second-order valence-corrected chi connectivity index (χ2v) is 5.95. The van der Waals surface area contributed by atoms with Gasteiger partial charge >= 0.3 is 0 Å². The number of nitrogens with one attached hydrogen (secondary N) is 2. The molecular weight excluding hydrogens is 267 g/mol. The van der Waals surface area contributed by atoms with E-state index in [2.05, 4.69) is 10.6 Å². The third-order valence-electron chi connectivity index (χ3n) is 2.54. The standard InChI is InChI=1S/C14H20ClFN2O/c1-9(13(19)18-14(2,3)4)17-8-10-11(15)6-5-7-12(10)16/h5-7,9,17H,8H2,1-4H3,(H,18,19). The van der Waals surface area contributed by atoms with E-state index in [1.807, 2.05) is 20.8 Å². The fraction of sp³-hybridized carbons (Fsp3) is 0.500. The van der Waals surface area contributed by atoms with Gasteiger partial charge in [0.05, 0.1) is 6.04 Å². The van der Waals surface area contributed by atoms with Crippen LogP contribution in [0.4, 0.5) is 4.39 Å². The molecule has 1 atom stereocenters. The summed E-state index contributed by atoms with van der Waals surface area (Å²) in [7, 11) is 0. The Balaban J connectivity index is 2.59. The van der Waals surface area contributed by atoms with Crippen LogP contribution >= 0.6 is 11.6 Å². The Labute approximate surface area is 118 Å². The van der Waals surface area contributed by atoms with E-state index >= 15 is 0 Å². The second kappa shape index (κ2) is 6.35. The average molecular weight is 287 g/mol. The van der Waals surface area contributed by atoms with Gasteiger partial charge in [0.1, 0.15) is 5.82 Å². The molecule has 0 aliphatic rings. The van der Waals surface area contributed by atoms with Crippen molar-refractivity contribution in [3.8, 4) is 0 Å². The summed E-state index contributed by atoms with van der Waals surface area (Å²) < 4.78 is 13.5. The Morgan fingerprint density at radius 1 is 1.42 bits per heavy atom. The van der Waals surface area contributed by atoms with E-state index in [-0.39, 0.29) is 23.8 Å². The van der Waals surface area contributed by atoms with Crippen molar-refractivity contribution in [3.63, 3.8) is 0 Å². The third-order valence-corrected chi connectivity index (χ3v) is 2.89. The molecule has 0 aliphatic carbocycles. The van der Waals surface area contributed by atoms with Crippen LogP contribution in [-0.4, -0.2) is 17.5 Å². The van der Waals surface area contributed by atoms with Crippen LogP contribution in [0.15, 0.2) is 18.2 Å². The van der Waals surface area contributed by atoms with Gasteiger partial charge in [0, 0.05) is 22.7 Å². The summed E-state index contributed by atoms with van der Waals surface area (Å²) >= 11 is 5.92. The summed E-state index contributed by atoms with van der Waals surface area (Å²) in [6.07, 6.45) is 0. The normalized spacial score (nSPS) is 13.2. The van der Waals surface area contributed by atoms with Crippen LogP contribution in [0.3, 0.4) is 0 Å². The summed E-state index contributed by atoms with van der Waals surface area (Å²) in [6, 6.07) is 4.11. The number of hydrogen-bond donors (Lipinski definition) is 2. The van der Waals surface area contributed by atoms with E-state index in [1.54, 1.807) is 19.1 Å². The molecule has 106 valence electrons. The fourth-order valence-electron chi connectivity index (χ4n) is 1.53. The summed E-state index contributed by atoms with van der Waals surface area (Å²) in [5, 5.41) is 6.18. The minimum Gasteiger partial charge on any atom is -0.350 e. The van der Waals surface area contributed by atoms with Crippen LogP contribution in [0, 0.1) is 5.82 Å². The lowest BCUT2D eigenvalue weighted by Crippen LogP contribution is -2.49. The van der Waals surface area contributed by atoms with E-state index in [1.165, 1.54) is 6.07 Å². The molecule has 1 aromatic carbocycles. The molecule has 0 bridgehead atoms. The number of hydrogen-bond acceptors (Lipinski definition) is 2. The molecule has 1 rings (SSSR count). The average Bonchev–Trinajstić information content (AvgIpc) is 2.25. The van der Waals surface area contributed by atoms with E-state index < -0.39 is 6.04 Å². The Bertz CT molecular complexity index is 437. The molecule has 19 heavy (non-hydrogen) atoms. The van der Waals surface area contributed by atoms with E-state index in [0.29, 0.717) is 10.6 Å². The maximum absolute atomic E-state index is 13.5. The number of carbonyl (C=O) groups excluding carboxylic acids is 1. The van der Waals surface area contributed by atoms with Crippen LogP contribution in [0.2, 0.25) is 5.02 Å². The Morgan fingerprint density at radius 3 is 2.58 bits per heavy atom. The zero-order chi connectivity index (χ0) is 14.6. The summed E-state index contributed by atoms with van der Waals surface area (Å²) in [6.45, 7) is 7.67. The summed E-state index contributed by atoms with van der Waals surface area (Å²) in [4.78, 5) is 11.8. The van der Waals surface area contributed by atoms with Gasteiger partial charge in [-0.25, -0.2) is 4.39 Å². The van der Waals surface area contributed by atoms with Crippen LogP contribution in [0.5, 0.6) is 0 Å². The van der Waals surface area contributed by atoms with Gasteiger partial charge in [-0.1, -0.05) is 17.7 Å². The molecule has 1 amide bonds. The maximum Gasteiger partial charge on any atom is 0.237 e. The first-order chi connectivity index (χ1) is 8.70. The van der Waals surface area contributed by atoms with Crippen molar-refractivity contribution >= 4 is 17.5 Å². The molecule has 3 nitrogen and oxygen atoms in total. The number of carbonyl (C=O) groups is 1. The molecule has 0 aliphatic heterocycles. The number of amides is 1. The van der Waals surface area contributed by atoms with Crippen molar-refractivity contribution in [2.24, 2.45) is 0 Å². The van der Waals surface area contributed by atoms with E-state index in [9.17, 15) is 9.18 Å². The first-order valence-electron chi connectivity index (χ1n) is 6.19. The smallest absolute Gasteiger partial charge is 0.237 e. The molecule has 0 heterocycles. The number of benzene rings is 1. The van der Waals surface area contributed by atoms with Gasteiger partial charge in [-0.2, -0.15) is 0 Å². The molecular formula is C14H20ClFN2O. The predicted molar refractivity (Wildman–Crippen MR) is 75.6 cm³/mol. The lowest BCUT2D eigenvalue weighted by Gasteiger charge is -2.23. The van der Waals surface area contributed by atoms with Crippen LogP contribution in [-0.2, 0) is 11.3 Å². The molecule has 0 saturated heterocycles. The molecule has 2 N–H and O–H groups in total. The van der Waals surface area contributed by atoms with Gasteiger partial charge < -0.3 is 10.6 Å². The van der Waals surface area contributed by atoms with Crippen LogP contribution < -0.4 is 10.6 Å². The predicted octanol–water partition coefficient (Wildman–Crippen LogP) is 2.87. The third kappa shape index (κ3) is 5.17. The first kappa shape index (κ1) is 15.9. The van der Waals surface area contributed by atoms with Crippen molar-refractivity contribution in [3.05, 3.63) is 34.6 Å². The largest absolute Gasteiger partial charge is 0.350 e. The van der Waals surface area contributed by atoms with Crippen molar-refractivity contribution in [2.75, 3.05) is 0 Å². The molecule has 0 spiro atoms. The van der Waals surface area contributed by atoms with Crippen LogP contribution in [0.25, 0.3) is 0 Å². The molecule has 0 fully saturated rings. The van der Waals surface area contributed by atoms with Gasteiger partial charge in [-0.05, 0) is 39.8 Å². The quantitative estimate of drug-likeness (QED) is 0.894. The number of halogens is 2. The minimum absolute atomic E-state index is 0.125. The highest BCUT2D eigenvalue weighted by atomic mass is 35.5. The Morgan fingerprint density at radius 2 is 2.05 bits per heavy atom. The zero-order valence-electron chi connectivity index (χ0n) is 11.7. The van der Waals surface area contributed by atoms with Gasteiger partial charge in [0.25, 0.3) is 0 Å². The second-order valence-electron chi connectivity index (χ2n) is 5.54. The van der Waals surface area contributed by atoms with E-state index in [0.717, 1.165) is 0 Å². The lowest BCUT2D eigenvalue weighted by molar-refractivity contribution is -0.124. The van der Waals surface area contributed by atoms with Gasteiger partial charge in [-0.3, -0.25) is 4.79 Å². The minimum atomic E-state index is -0.421. The highest BCUT2D eigenvalue weighted by Gasteiger charge is 2.19. The highest BCUT2D eigenvalue weighted by Crippen LogP contribution is 2.18. The molecule has 0 aromatic heterocycles. The van der Waals surface area contributed by atoms with Crippen molar-refractivity contribution < 1.29 is 9.18 Å². The fourth-order valence-corrected chi connectivity index (χ4v) is 1.76. The van der Waals surface area contributed by atoms with Crippen molar-refractivity contribution in [1.82, 2.24) is 10.6 Å². The molecule has 5 heteroatoms. The van der Waals surface area contributed by atoms with Crippen molar-refractivity contribution in [2.45, 2.75) is 45.8 Å². The topological polar surface area (TPSA) is 41.1 Å². The molecule has 0 radical (unpaired) electrons. The SMILES string of the molecule is CC(NCc1c(F)cccc1Cl)C(=O)NC(C)(C)C. The molecule has 1 aromatic rings. The zero-order valence-corrected chi connectivity index (χ0v) is 12.4. The Kier molecular flexibility index (Phi) is 5.32. The lowest BCUT2D eigenvalue weighted by atomic mass is 10.1. The molecule has 1 unspecified atom stereocenters.